The molecule has 0 atom stereocenters. The number of rotatable bonds is 6. The Hall–Kier alpha value is -3.29. The predicted molar refractivity (Wildman–Crippen MR) is 84.2 cm³/mol. The topological polar surface area (TPSA) is 97.1 Å². The van der Waals surface area contributed by atoms with Gasteiger partial charge in [0.1, 0.15) is 11.5 Å². The molecule has 0 fully saturated rings. The van der Waals surface area contributed by atoms with Crippen molar-refractivity contribution in [3.8, 4) is 23.0 Å². The summed E-state index contributed by atoms with van der Waals surface area (Å²) in [7, 11) is 4.27. The summed E-state index contributed by atoms with van der Waals surface area (Å²) in [5.74, 6) is 0.230. The van der Waals surface area contributed by atoms with Gasteiger partial charge in [0.2, 0.25) is 0 Å². The quantitative estimate of drug-likeness (QED) is 0.347. The molecule has 0 spiro atoms. The minimum atomic E-state index is -0.731. The number of non-ortho nitro benzene ring substituents is 1. The van der Waals surface area contributed by atoms with Crippen molar-refractivity contribution >= 4 is 11.7 Å². The number of carbonyl (C=O) groups excluding carboxylic acids is 1. The molecule has 0 saturated carbocycles. The number of nitro benzene ring substituents is 1. The number of nitro groups is 1. The fraction of sp³-hybridized carbons (Fsp3) is 0.188. The zero-order valence-corrected chi connectivity index (χ0v) is 13.3. The molecular formula is C16H15NO7. The molecule has 0 bridgehead atoms. The van der Waals surface area contributed by atoms with E-state index < -0.39 is 10.9 Å². The van der Waals surface area contributed by atoms with Crippen LogP contribution in [-0.2, 0) is 0 Å². The lowest BCUT2D eigenvalue weighted by atomic mass is 10.2. The molecule has 0 N–H and O–H groups in total. The maximum atomic E-state index is 12.3. The molecule has 0 heterocycles. The van der Waals surface area contributed by atoms with Gasteiger partial charge in [0.15, 0.2) is 11.5 Å². The Balaban J connectivity index is 2.35. The van der Waals surface area contributed by atoms with Crippen molar-refractivity contribution in [3.63, 3.8) is 0 Å². The van der Waals surface area contributed by atoms with Gasteiger partial charge in [-0.1, -0.05) is 0 Å². The average molecular weight is 333 g/mol. The molecule has 0 amide bonds. The van der Waals surface area contributed by atoms with Crippen LogP contribution in [0.2, 0.25) is 0 Å². The van der Waals surface area contributed by atoms with E-state index in [0.29, 0.717) is 11.5 Å². The predicted octanol–water partition coefficient (Wildman–Crippen LogP) is 2.84. The minimum absolute atomic E-state index is 0.0570. The Labute approximate surface area is 137 Å². The second-order valence-corrected chi connectivity index (χ2v) is 4.58. The van der Waals surface area contributed by atoms with Gasteiger partial charge in [0, 0.05) is 12.1 Å². The first-order chi connectivity index (χ1) is 11.5. The third-order valence-corrected chi connectivity index (χ3v) is 3.15. The highest BCUT2D eigenvalue weighted by atomic mass is 16.6. The van der Waals surface area contributed by atoms with Crippen molar-refractivity contribution in [3.05, 3.63) is 52.1 Å². The molecule has 0 aromatic heterocycles. The van der Waals surface area contributed by atoms with Gasteiger partial charge in [-0.2, -0.15) is 0 Å². The summed E-state index contributed by atoms with van der Waals surface area (Å²) >= 11 is 0. The fourth-order valence-corrected chi connectivity index (χ4v) is 1.94. The number of ether oxygens (including phenoxy) is 4. The zero-order valence-electron chi connectivity index (χ0n) is 13.3. The second kappa shape index (κ2) is 7.32. The lowest BCUT2D eigenvalue weighted by molar-refractivity contribution is -0.384. The molecule has 0 aliphatic carbocycles. The molecule has 0 unspecified atom stereocenters. The summed E-state index contributed by atoms with van der Waals surface area (Å²) in [5, 5.41) is 10.9. The maximum absolute atomic E-state index is 12.3. The summed E-state index contributed by atoms with van der Waals surface area (Å²) in [5.41, 5.74) is -0.0541. The normalized spacial score (nSPS) is 9.96. The van der Waals surface area contributed by atoms with Crippen molar-refractivity contribution in [2.45, 2.75) is 0 Å². The van der Waals surface area contributed by atoms with Crippen LogP contribution in [0.3, 0.4) is 0 Å². The molecule has 0 radical (unpaired) electrons. The number of esters is 1. The van der Waals surface area contributed by atoms with Crippen LogP contribution in [0.1, 0.15) is 10.4 Å². The van der Waals surface area contributed by atoms with E-state index in [1.807, 2.05) is 0 Å². The van der Waals surface area contributed by atoms with E-state index >= 15 is 0 Å². The fourth-order valence-electron chi connectivity index (χ4n) is 1.94. The summed E-state index contributed by atoms with van der Waals surface area (Å²) in [6, 6.07) is 8.26. The van der Waals surface area contributed by atoms with Crippen LogP contribution in [0.25, 0.3) is 0 Å². The van der Waals surface area contributed by atoms with Crippen LogP contribution < -0.4 is 18.9 Å². The standard InChI is InChI=1S/C16H15NO7/c1-21-12-6-10(7-13(9-12)22-2)16(18)24-15-8-11(17(19)20)4-5-14(15)23-3/h4-9H,1-3H3. The van der Waals surface area contributed by atoms with Crippen LogP contribution >= 0.6 is 0 Å². The monoisotopic (exact) mass is 333 g/mol. The second-order valence-electron chi connectivity index (χ2n) is 4.58. The molecule has 0 aliphatic heterocycles. The third-order valence-electron chi connectivity index (χ3n) is 3.15. The van der Waals surface area contributed by atoms with Gasteiger partial charge < -0.3 is 18.9 Å². The molecule has 2 aromatic carbocycles. The van der Waals surface area contributed by atoms with Crippen molar-refractivity contribution in [2.75, 3.05) is 21.3 Å². The Morgan fingerprint density at radius 1 is 0.917 bits per heavy atom. The van der Waals surface area contributed by atoms with Gasteiger partial charge in [0.05, 0.1) is 37.9 Å². The van der Waals surface area contributed by atoms with E-state index in [-0.39, 0.29) is 22.7 Å². The number of hydrogen-bond acceptors (Lipinski definition) is 7. The van der Waals surface area contributed by atoms with Crippen molar-refractivity contribution < 1.29 is 28.7 Å². The van der Waals surface area contributed by atoms with E-state index in [1.54, 1.807) is 6.07 Å². The maximum Gasteiger partial charge on any atom is 0.343 e. The number of nitrogens with zero attached hydrogens (tertiary/aromatic N) is 1. The van der Waals surface area contributed by atoms with Gasteiger partial charge in [-0.25, -0.2) is 4.79 Å². The minimum Gasteiger partial charge on any atom is -0.497 e. The first-order valence-corrected chi connectivity index (χ1v) is 6.76. The van der Waals surface area contributed by atoms with Crippen LogP contribution in [0.15, 0.2) is 36.4 Å². The molecular weight excluding hydrogens is 318 g/mol. The summed E-state index contributed by atoms with van der Waals surface area (Å²) < 4.78 is 20.5. The van der Waals surface area contributed by atoms with Crippen LogP contribution in [0, 0.1) is 10.1 Å². The lowest BCUT2D eigenvalue weighted by Gasteiger charge is -2.10. The number of carbonyl (C=O) groups is 1. The number of hydrogen-bond donors (Lipinski definition) is 0. The Bertz CT molecular complexity index is 751. The molecule has 0 saturated heterocycles. The van der Waals surface area contributed by atoms with Crippen LogP contribution in [0.4, 0.5) is 5.69 Å². The average Bonchev–Trinajstić information content (AvgIpc) is 2.60. The molecule has 2 aromatic rings. The highest BCUT2D eigenvalue weighted by molar-refractivity contribution is 5.92. The molecule has 2 rings (SSSR count). The summed E-state index contributed by atoms with van der Waals surface area (Å²) in [4.78, 5) is 22.6. The summed E-state index contributed by atoms with van der Waals surface area (Å²) in [6.45, 7) is 0. The first-order valence-electron chi connectivity index (χ1n) is 6.76. The smallest absolute Gasteiger partial charge is 0.343 e. The molecule has 8 nitrogen and oxygen atoms in total. The van der Waals surface area contributed by atoms with Crippen molar-refractivity contribution in [1.29, 1.82) is 0 Å². The third kappa shape index (κ3) is 3.72. The molecule has 8 heteroatoms. The van der Waals surface area contributed by atoms with Crippen LogP contribution in [0.5, 0.6) is 23.0 Å². The van der Waals surface area contributed by atoms with Crippen molar-refractivity contribution in [2.24, 2.45) is 0 Å². The summed E-state index contributed by atoms with van der Waals surface area (Å²) in [6.07, 6.45) is 0. The van der Waals surface area contributed by atoms with Gasteiger partial charge in [-0.3, -0.25) is 10.1 Å². The molecule has 24 heavy (non-hydrogen) atoms. The van der Waals surface area contributed by atoms with Crippen LogP contribution in [-0.4, -0.2) is 32.2 Å². The lowest BCUT2D eigenvalue weighted by Crippen LogP contribution is -2.10. The van der Waals surface area contributed by atoms with Gasteiger partial charge in [-0.15, -0.1) is 0 Å². The van der Waals surface area contributed by atoms with E-state index in [1.165, 1.54) is 45.6 Å². The Kier molecular flexibility index (Phi) is 5.20. The highest BCUT2D eigenvalue weighted by Crippen LogP contribution is 2.32. The van der Waals surface area contributed by atoms with Gasteiger partial charge in [0.25, 0.3) is 5.69 Å². The Morgan fingerprint density at radius 2 is 1.54 bits per heavy atom. The molecule has 0 aliphatic rings. The van der Waals surface area contributed by atoms with Crippen molar-refractivity contribution in [1.82, 2.24) is 0 Å². The van der Waals surface area contributed by atoms with E-state index in [9.17, 15) is 14.9 Å². The van der Waals surface area contributed by atoms with Gasteiger partial charge in [-0.05, 0) is 18.2 Å². The number of benzene rings is 2. The van der Waals surface area contributed by atoms with E-state index in [0.717, 1.165) is 6.07 Å². The number of methoxy groups -OCH3 is 3. The highest BCUT2D eigenvalue weighted by Gasteiger charge is 2.18. The zero-order chi connectivity index (χ0) is 17.7. The Morgan fingerprint density at radius 3 is 2.04 bits per heavy atom. The first kappa shape index (κ1) is 17.1. The largest absolute Gasteiger partial charge is 0.497 e. The van der Waals surface area contributed by atoms with E-state index in [2.05, 4.69) is 0 Å². The van der Waals surface area contributed by atoms with Gasteiger partial charge >= 0.3 is 5.97 Å². The molecule has 126 valence electrons. The SMILES string of the molecule is COc1cc(OC)cc(C(=O)Oc2cc([N+](=O)[O-])ccc2OC)c1. The van der Waals surface area contributed by atoms with E-state index in [4.69, 9.17) is 18.9 Å².